The summed E-state index contributed by atoms with van der Waals surface area (Å²) in [6.07, 6.45) is 5.11. The summed E-state index contributed by atoms with van der Waals surface area (Å²) < 4.78 is 15.7. The van der Waals surface area contributed by atoms with Crippen molar-refractivity contribution in [3.63, 3.8) is 0 Å². The summed E-state index contributed by atoms with van der Waals surface area (Å²) in [5.41, 5.74) is 7.89. The zero-order valence-electron chi connectivity index (χ0n) is 14.8. The molecular weight excluding hydrogens is 429 g/mol. The van der Waals surface area contributed by atoms with Gasteiger partial charge in [-0.25, -0.2) is 9.07 Å². The first-order valence-corrected chi connectivity index (χ1v) is 9.63. The van der Waals surface area contributed by atoms with Crippen LogP contribution in [0.1, 0.15) is 45.1 Å². The molecule has 2 amide bonds. The molecule has 0 bridgehead atoms. The zero-order valence-corrected chi connectivity index (χ0v) is 16.3. The van der Waals surface area contributed by atoms with Gasteiger partial charge in [-0.3, -0.25) is 20.4 Å². The van der Waals surface area contributed by atoms with E-state index in [0.29, 0.717) is 11.4 Å². The Labute approximate surface area is 168 Å². The molecule has 0 atom stereocenters. The van der Waals surface area contributed by atoms with E-state index >= 15 is 0 Å². The highest BCUT2D eigenvalue weighted by Crippen LogP contribution is 2.27. The van der Waals surface area contributed by atoms with Gasteiger partial charge >= 0.3 is 0 Å². The minimum atomic E-state index is -0.488. The van der Waals surface area contributed by atoms with Crippen molar-refractivity contribution in [2.24, 2.45) is 0 Å². The maximum atomic E-state index is 13.3. The number of halogens is 2. The Bertz CT molecular complexity index is 1040. The van der Waals surface area contributed by atoms with Crippen LogP contribution in [0.15, 0.2) is 41.0 Å². The van der Waals surface area contributed by atoms with Crippen molar-refractivity contribution < 1.29 is 14.0 Å². The SMILES string of the molecule is O=C(NNC(=O)c1nn(-c2ccc(F)cc2)c2c1CCCC2)c1cc(Br)c[nH]1. The van der Waals surface area contributed by atoms with Crippen LogP contribution < -0.4 is 10.9 Å². The molecule has 3 aromatic rings. The van der Waals surface area contributed by atoms with Crippen LogP contribution in [-0.2, 0) is 12.8 Å². The monoisotopic (exact) mass is 445 g/mol. The van der Waals surface area contributed by atoms with E-state index in [0.717, 1.165) is 41.4 Å². The number of rotatable bonds is 3. The number of aromatic nitrogens is 3. The summed E-state index contributed by atoms with van der Waals surface area (Å²) in [4.78, 5) is 27.6. The summed E-state index contributed by atoms with van der Waals surface area (Å²) in [6.45, 7) is 0. The van der Waals surface area contributed by atoms with E-state index in [1.807, 2.05) is 0 Å². The highest BCUT2D eigenvalue weighted by atomic mass is 79.9. The number of benzene rings is 1. The fourth-order valence-corrected chi connectivity index (χ4v) is 3.66. The van der Waals surface area contributed by atoms with Crippen LogP contribution in [0.25, 0.3) is 5.69 Å². The number of nitrogens with one attached hydrogen (secondary N) is 3. The lowest BCUT2D eigenvalue weighted by molar-refractivity contribution is 0.0840. The molecule has 0 saturated carbocycles. The van der Waals surface area contributed by atoms with Crippen LogP contribution in [0.5, 0.6) is 0 Å². The molecule has 3 N–H and O–H groups in total. The first-order chi connectivity index (χ1) is 13.5. The molecule has 1 aliphatic rings. The average molecular weight is 446 g/mol. The van der Waals surface area contributed by atoms with E-state index in [9.17, 15) is 14.0 Å². The molecule has 0 aliphatic heterocycles. The van der Waals surface area contributed by atoms with Crippen LogP contribution in [0.4, 0.5) is 4.39 Å². The van der Waals surface area contributed by atoms with E-state index in [1.54, 1.807) is 29.1 Å². The topological polar surface area (TPSA) is 91.8 Å². The second-order valence-corrected chi connectivity index (χ2v) is 7.42. The number of fused-ring (bicyclic) bond motifs is 1. The van der Waals surface area contributed by atoms with Gasteiger partial charge in [0.05, 0.1) is 5.69 Å². The van der Waals surface area contributed by atoms with E-state index in [1.165, 1.54) is 12.1 Å². The van der Waals surface area contributed by atoms with Crippen molar-refractivity contribution in [1.82, 2.24) is 25.6 Å². The van der Waals surface area contributed by atoms with E-state index in [2.05, 4.69) is 36.9 Å². The number of H-pyrrole nitrogens is 1. The second kappa shape index (κ2) is 7.59. The van der Waals surface area contributed by atoms with Gasteiger partial charge in [0.2, 0.25) is 0 Å². The molecule has 0 radical (unpaired) electrons. The van der Waals surface area contributed by atoms with Gasteiger partial charge in [-0.2, -0.15) is 5.10 Å². The molecule has 144 valence electrons. The van der Waals surface area contributed by atoms with Gasteiger partial charge in [0.1, 0.15) is 11.5 Å². The zero-order chi connectivity index (χ0) is 19.7. The van der Waals surface area contributed by atoms with E-state index < -0.39 is 11.8 Å². The third kappa shape index (κ3) is 3.57. The molecule has 2 heterocycles. The highest BCUT2D eigenvalue weighted by molar-refractivity contribution is 9.10. The lowest BCUT2D eigenvalue weighted by Crippen LogP contribution is -2.42. The third-order valence-corrected chi connectivity index (χ3v) is 5.11. The molecule has 4 rings (SSSR count). The predicted molar refractivity (Wildman–Crippen MR) is 104 cm³/mol. The molecule has 7 nitrogen and oxygen atoms in total. The Balaban J connectivity index is 1.57. The second-order valence-electron chi connectivity index (χ2n) is 6.51. The highest BCUT2D eigenvalue weighted by Gasteiger charge is 2.26. The number of hydrogen-bond acceptors (Lipinski definition) is 3. The largest absolute Gasteiger partial charge is 0.356 e. The van der Waals surface area contributed by atoms with Gasteiger partial charge in [0.25, 0.3) is 11.8 Å². The number of nitrogens with zero attached hydrogens (tertiary/aromatic N) is 2. The summed E-state index contributed by atoms with van der Waals surface area (Å²) in [7, 11) is 0. The molecule has 28 heavy (non-hydrogen) atoms. The normalized spacial score (nSPS) is 13.1. The fourth-order valence-electron chi connectivity index (χ4n) is 3.32. The smallest absolute Gasteiger partial charge is 0.290 e. The minimum Gasteiger partial charge on any atom is -0.356 e. The summed E-state index contributed by atoms with van der Waals surface area (Å²) in [5, 5.41) is 4.46. The standard InChI is InChI=1S/C19H17BrFN5O2/c20-11-9-15(22-10-11)18(27)23-24-19(28)17-14-3-1-2-4-16(14)26(25-17)13-7-5-12(21)6-8-13/h5-10,22H,1-4H2,(H,23,27)(H,24,28). The lowest BCUT2D eigenvalue weighted by atomic mass is 9.95. The van der Waals surface area contributed by atoms with Crippen molar-refractivity contribution in [1.29, 1.82) is 0 Å². The van der Waals surface area contributed by atoms with E-state index in [-0.39, 0.29) is 11.5 Å². The van der Waals surface area contributed by atoms with Crippen molar-refractivity contribution >= 4 is 27.7 Å². The summed E-state index contributed by atoms with van der Waals surface area (Å²) >= 11 is 3.25. The van der Waals surface area contributed by atoms with E-state index in [4.69, 9.17) is 0 Å². The molecule has 1 aromatic carbocycles. The predicted octanol–water partition coefficient (Wildman–Crippen LogP) is 3.06. The fraction of sp³-hybridized carbons (Fsp3) is 0.211. The van der Waals surface area contributed by atoms with Gasteiger partial charge in [-0.15, -0.1) is 0 Å². The molecule has 1 aliphatic carbocycles. The molecule has 0 spiro atoms. The summed E-state index contributed by atoms with van der Waals surface area (Å²) in [5.74, 6) is -1.29. The molecular formula is C19H17BrFN5O2. The van der Waals surface area contributed by atoms with Gasteiger partial charge in [-0.05, 0) is 71.9 Å². The number of hydrazine groups is 1. The maximum Gasteiger partial charge on any atom is 0.290 e. The van der Waals surface area contributed by atoms with Crippen molar-refractivity contribution in [3.05, 3.63) is 69.5 Å². The number of amides is 2. The van der Waals surface area contributed by atoms with Crippen molar-refractivity contribution in [2.45, 2.75) is 25.7 Å². The quantitative estimate of drug-likeness (QED) is 0.541. The molecule has 0 unspecified atom stereocenters. The summed E-state index contributed by atoms with van der Waals surface area (Å²) in [6, 6.07) is 7.58. The Morgan fingerprint density at radius 1 is 1.11 bits per heavy atom. The number of carbonyl (C=O) groups is 2. The first kappa shape index (κ1) is 18.4. The number of hydrogen-bond donors (Lipinski definition) is 3. The van der Waals surface area contributed by atoms with Crippen LogP contribution in [-0.4, -0.2) is 26.6 Å². The minimum absolute atomic E-state index is 0.270. The van der Waals surface area contributed by atoms with Crippen LogP contribution >= 0.6 is 15.9 Å². The lowest BCUT2D eigenvalue weighted by Gasteiger charge is -2.14. The van der Waals surface area contributed by atoms with Crippen LogP contribution in [0, 0.1) is 5.82 Å². The Kier molecular flexibility index (Phi) is 4.99. The van der Waals surface area contributed by atoms with Crippen molar-refractivity contribution in [2.75, 3.05) is 0 Å². The maximum absolute atomic E-state index is 13.3. The molecule has 9 heteroatoms. The van der Waals surface area contributed by atoms with Crippen molar-refractivity contribution in [3.8, 4) is 5.69 Å². The van der Waals surface area contributed by atoms with Gasteiger partial charge in [0, 0.05) is 21.9 Å². The Morgan fingerprint density at radius 2 is 1.82 bits per heavy atom. The average Bonchev–Trinajstić information content (AvgIpc) is 3.31. The molecule has 0 saturated heterocycles. The first-order valence-electron chi connectivity index (χ1n) is 8.84. The van der Waals surface area contributed by atoms with Crippen LogP contribution in [0.2, 0.25) is 0 Å². The number of aromatic amines is 1. The Morgan fingerprint density at radius 3 is 2.54 bits per heavy atom. The van der Waals surface area contributed by atoms with Gasteiger partial charge in [-0.1, -0.05) is 0 Å². The number of carbonyl (C=O) groups excluding carboxylic acids is 2. The molecule has 2 aromatic heterocycles. The van der Waals surface area contributed by atoms with Gasteiger partial charge in [0.15, 0.2) is 5.69 Å². The third-order valence-electron chi connectivity index (χ3n) is 4.65. The van der Waals surface area contributed by atoms with Crippen LogP contribution in [0.3, 0.4) is 0 Å². The Hall–Kier alpha value is -2.94. The molecule has 0 fully saturated rings. The van der Waals surface area contributed by atoms with Gasteiger partial charge < -0.3 is 4.98 Å².